The van der Waals surface area contributed by atoms with Crippen molar-refractivity contribution in [2.24, 2.45) is 5.41 Å². The Balaban J connectivity index is 1.96. The number of nitrogens with zero attached hydrogens (tertiary/aromatic N) is 1. The predicted molar refractivity (Wildman–Crippen MR) is 81.8 cm³/mol. The smallest absolute Gasteiger partial charge is 0.299 e. The number of fused-ring (bicyclic) bond motifs is 1. The first-order chi connectivity index (χ1) is 10.8. The molecular formula is C18H22F3NO. The van der Waals surface area contributed by atoms with Crippen LogP contribution in [0.5, 0.6) is 0 Å². The van der Waals surface area contributed by atoms with E-state index in [1.54, 1.807) is 11.8 Å². The minimum Gasteiger partial charge on any atom is -0.299 e. The minimum absolute atomic E-state index is 0.00446. The molecule has 1 aliphatic heterocycles. The summed E-state index contributed by atoms with van der Waals surface area (Å²) in [6.45, 7) is 1.99. The number of alkyl halides is 3. The second-order valence-corrected chi connectivity index (χ2v) is 7.02. The van der Waals surface area contributed by atoms with Crippen LogP contribution in [0.4, 0.5) is 13.2 Å². The van der Waals surface area contributed by atoms with Crippen molar-refractivity contribution in [3.05, 3.63) is 35.9 Å². The van der Waals surface area contributed by atoms with Crippen molar-refractivity contribution in [3.8, 4) is 0 Å². The number of ketones is 1. The molecule has 3 rings (SSSR count). The Bertz CT molecular complexity index is 571. The zero-order valence-electron chi connectivity index (χ0n) is 13.3. The molecule has 1 aliphatic carbocycles. The fourth-order valence-corrected chi connectivity index (χ4v) is 4.25. The van der Waals surface area contributed by atoms with Crippen LogP contribution < -0.4 is 0 Å². The number of likely N-dealkylation sites (tertiary alicyclic amines) is 1. The molecule has 1 heterocycles. The largest absolute Gasteiger partial charge is 0.404 e. The third-order valence-electron chi connectivity index (χ3n) is 5.51. The fourth-order valence-electron chi connectivity index (χ4n) is 4.25. The molecule has 0 amide bonds. The van der Waals surface area contributed by atoms with Crippen LogP contribution in [0.3, 0.4) is 0 Å². The van der Waals surface area contributed by atoms with Crippen molar-refractivity contribution in [3.63, 3.8) is 0 Å². The molecule has 2 fully saturated rings. The molecule has 0 radical (unpaired) electrons. The highest BCUT2D eigenvalue weighted by molar-refractivity contribution is 5.86. The topological polar surface area (TPSA) is 20.3 Å². The van der Waals surface area contributed by atoms with Crippen molar-refractivity contribution >= 4 is 5.78 Å². The Hall–Kier alpha value is -1.36. The lowest BCUT2D eigenvalue weighted by Gasteiger charge is -2.34. The van der Waals surface area contributed by atoms with E-state index in [-0.39, 0.29) is 24.8 Å². The van der Waals surface area contributed by atoms with Gasteiger partial charge in [0.05, 0.1) is 0 Å². The lowest BCUT2D eigenvalue weighted by atomic mass is 9.76. The van der Waals surface area contributed by atoms with Crippen LogP contribution in [-0.2, 0) is 11.3 Å². The van der Waals surface area contributed by atoms with Gasteiger partial charge in [-0.25, -0.2) is 0 Å². The van der Waals surface area contributed by atoms with E-state index >= 15 is 0 Å². The quantitative estimate of drug-likeness (QED) is 0.806. The van der Waals surface area contributed by atoms with E-state index in [9.17, 15) is 18.0 Å². The molecular weight excluding hydrogens is 303 g/mol. The monoisotopic (exact) mass is 325 g/mol. The molecule has 0 aromatic heterocycles. The number of hydrogen-bond acceptors (Lipinski definition) is 2. The van der Waals surface area contributed by atoms with Gasteiger partial charge in [0.15, 0.2) is 0 Å². The molecule has 1 aromatic carbocycles. The SMILES string of the molecule is C[C@]12C[C@@H](C(F)(F)F)N(Cc3ccccc3)[C@H]1CCCCC2=O. The standard InChI is InChI=1S/C18H22F3NO/c1-17-11-15(18(19,20)21)22(12-13-7-3-2-4-8-13)14(17)9-5-6-10-16(17)23/h2-4,7-8,14-15H,5-6,9-12H2,1H3/t14-,15-,17-/m0/s1. The van der Waals surface area contributed by atoms with Gasteiger partial charge in [-0.1, -0.05) is 43.7 Å². The Labute approximate surface area is 134 Å². The summed E-state index contributed by atoms with van der Waals surface area (Å²) in [5, 5.41) is 0. The summed E-state index contributed by atoms with van der Waals surface area (Å²) in [6, 6.07) is 7.39. The molecule has 1 aromatic rings. The van der Waals surface area contributed by atoms with E-state index in [2.05, 4.69) is 0 Å². The summed E-state index contributed by atoms with van der Waals surface area (Å²) in [6.07, 6.45) is -1.71. The van der Waals surface area contributed by atoms with Gasteiger partial charge < -0.3 is 0 Å². The number of hydrogen-bond donors (Lipinski definition) is 0. The fraction of sp³-hybridized carbons (Fsp3) is 0.611. The maximum absolute atomic E-state index is 13.6. The summed E-state index contributed by atoms with van der Waals surface area (Å²) < 4.78 is 40.8. The van der Waals surface area contributed by atoms with Gasteiger partial charge in [0.2, 0.25) is 0 Å². The first kappa shape index (κ1) is 16.5. The van der Waals surface area contributed by atoms with Gasteiger partial charge in [-0.3, -0.25) is 9.69 Å². The van der Waals surface area contributed by atoms with E-state index in [4.69, 9.17) is 0 Å². The van der Waals surface area contributed by atoms with Crippen molar-refractivity contribution < 1.29 is 18.0 Å². The van der Waals surface area contributed by atoms with Crippen molar-refractivity contribution in [2.75, 3.05) is 0 Å². The third-order valence-corrected chi connectivity index (χ3v) is 5.51. The number of Topliss-reactive ketones (excluding diaryl/α,β-unsaturated/α-hetero) is 1. The van der Waals surface area contributed by atoms with Crippen molar-refractivity contribution in [1.29, 1.82) is 0 Å². The molecule has 0 bridgehead atoms. The molecule has 0 spiro atoms. The molecule has 1 saturated heterocycles. The third kappa shape index (κ3) is 3.03. The van der Waals surface area contributed by atoms with Crippen LogP contribution in [0, 0.1) is 5.41 Å². The highest BCUT2D eigenvalue weighted by Gasteiger charge is 2.60. The summed E-state index contributed by atoms with van der Waals surface area (Å²) in [4.78, 5) is 14.0. The molecule has 126 valence electrons. The lowest BCUT2D eigenvalue weighted by Crippen LogP contribution is -2.46. The van der Waals surface area contributed by atoms with Crippen molar-refractivity contribution in [1.82, 2.24) is 4.90 Å². The summed E-state index contributed by atoms with van der Waals surface area (Å²) >= 11 is 0. The first-order valence-electron chi connectivity index (χ1n) is 8.22. The van der Waals surface area contributed by atoms with E-state index < -0.39 is 17.6 Å². The van der Waals surface area contributed by atoms with E-state index in [1.807, 2.05) is 30.3 Å². The normalized spacial score (nSPS) is 32.6. The molecule has 0 N–H and O–H groups in total. The van der Waals surface area contributed by atoms with Gasteiger partial charge >= 0.3 is 6.18 Å². The number of benzene rings is 1. The van der Waals surface area contributed by atoms with Gasteiger partial charge in [-0.15, -0.1) is 0 Å². The van der Waals surface area contributed by atoms with Gasteiger partial charge in [0, 0.05) is 24.4 Å². The van der Waals surface area contributed by atoms with Crippen LogP contribution in [-0.4, -0.2) is 28.9 Å². The van der Waals surface area contributed by atoms with Crippen LogP contribution in [0.2, 0.25) is 0 Å². The zero-order chi connectivity index (χ0) is 16.7. The van der Waals surface area contributed by atoms with Crippen LogP contribution in [0.25, 0.3) is 0 Å². The maximum atomic E-state index is 13.6. The minimum atomic E-state index is -4.30. The van der Waals surface area contributed by atoms with Crippen LogP contribution in [0.1, 0.15) is 44.6 Å². The average Bonchev–Trinajstić information content (AvgIpc) is 2.70. The molecule has 2 nitrogen and oxygen atoms in total. The number of halogens is 3. The van der Waals surface area contributed by atoms with Crippen LogP contribution >= 0.6 is 0 Å². The Morgan fingerprint density at radius 2 is 1.91 bits per heavy atom. The average molecular weight is 325 g/mol. The maximum Gasteiger partial charge on any atom is 0.404 e. The lowest BCUT2D eigenvalue weighted by molar-refractivity contribution is -0.180. The number of carbonyl (C=O) groups is 1. The van der Waals surface area contributed by atoms with Crippen LogP contribution in [0.15, 0.2) is 30.3 Å². The van der Waals surface area contributed by atoms with Crippen molar-refractivity contribution in [2.45, 2.75) is 63.8 Å². The Kier molecular flexibility index (Phi) is 4.25. The van der Waals surface area contributed by atoms with E-state index in [0.717, 1.165) is 18.4 Å². The Morgan fingerprint density at radius 3 is 2.57 bits per heavy atom. The second-order valence-electron chi connectivity index (χ2n) is 7.02. The zero-order valence-corrected chi connectivity index (χ0v) is 13.3. The van der Waals surface area contributed by atoms with Gasteiger partial charge in [0.1, 0.15) is 11.8 Å². The summed E-state index contributed by atoms with van der Waals surface area (Å²) in [7, 11) is 0. The highest BCUT2D eigenvalue weighted by Crippen LogP contribution is 2.50. The molecule has 5 heteroatoms. The van der Waals surface area contributed by atoms with Gasteiger partial charge in [-0.2, -0.15) is 13.2 Å². The second kappa shape index (κ2) is 5.93. The molecule has 1 saturated carbocycles. The first-order valence-corrected chi connectivity index (χ1v) is 8.22. The molecule has 23 heavy (non-hydrogen) atoms. The number of rotatable bonds is 2. The molecule has 3 atom stereocenters. The summed E-state index contributed by atoms with van der Waals surface area (Å²) in [5.74, 6) is 0.00446. The van der Waals surface area contributed by atoms with E-state index in [1.165, 1.54) is 0 Å². The van der Waals surface area contributed by atoms with E-state index in [0.29, 0.717) is 12.8 Å². The predicted octanol–water partition coefficient (Wildman–Crippen LogP) is 4.34. The van der Waals surface area contributed by atoms with Gasteiger partial charge in [-0.05, 0) is 24.8 Å². The summed E-state index contributed by atoms with van der Waals surface area (Å²) in [5.41, 5.74) is -0.00597. The number of carbonyl (C=O) groups excluding carboxylic acids is 1. The molecule has 2 aliphatic rings. The Morgan fingerprint density at radius 1 is 1.22 bits per heavy atom. The van der Waals surface area contributed by atoms with Gasteiger partial charge in [0.25, 0.3) is 0 Å². The highest BCUT2D eigenvalue weighted by atomic mass is 19.4. The molecule has 0 unspecified atom stereocenters.